The van der Waals surface area contributed by atoms with Crippen molar-refractivity contribution in [3.63, 3.8) is 0 Å². The molecule has 0 aromatic heterocycles. The van der Waals surface area contributed by atoms with Crippen LogP contribution in [0.25, 0.3) is 0 Å². The summed E-state index contributed by atoms with van der Waals surface area (Å²) in [5.41, 5.74) is 9.90. The van der Waals surface area contributed by atoms with Gasteiger partial charge in [-0.25, -0.2) is 5.43 Å². The minimum absolute atomic E-state index is 0.769. The van der Waals surface area contributed by atoms with E-state index < -0.39 is 0 Å². The van der Waals surface area contributed by atoms with Gasteiger partial charge in [0.2, 0.25) is 0 Å². The smallest absolute Gasteiger partial charge is 0.122 e. The molecule has 0 radical (unpaired) electrons. The lowest BCUT2D eigenvalue weighted by Crippen LogP contribution is -2.20. The molecular formula is C18H24N2O. The zero-order valence-electron chi connectivity index (χ0n) is 12.9. The van der Waals surface area contributed by atoms with E-state index in [-0.39, 0.29) is 0 Å². The third-order valence-corrected chi connectivity index (χ3v) is 3.29. The lowest BCUT2D eigenvalue weighted by molar-refractivity contribution is 0.307. The molecule has 0 aliphatic heterocycles. The summed E-state index contributed by atoms with van der Waals surface area (Å²) in [7, 11) is 0. The van der Waals surface area contributed by atoms with Crippen molar-refractivity contribution in [2.24, 2.45) is 0 Å². The Bertz CT molecular complexity index is 540. The number of hydrogen-bond acceptors (Lipinski definition) is 3. The second-order valence-electron chi connectivity index (χ2n) is 5.15. The van der Waals surface area contributed by atoms with Gasteiger partial charge >= 0.3 is 0 Å². The molecule has 2 aromatic carbocycles. The number of hydrazine groups is 1. The molecule has 0 aliphatic carbocycles. The van der Waals surface area contributed by atoms with E-state index in [1.165, 1.54) is 11.1 Å². The summed E-state index contributed by atoms with van der Waals surface area (Å²) in [5, 5.41) is 0. The van der Waals surface area contributed by atoms with E-state index in [1.54, 1.807) is 0 Å². The van der Waals surface area contributed by atoms with Crippen LogP contribution in [0.4, 0.5) is 5.69 Å². The van der Waals surface area contributed by atoms with E-state index >= 15 is 0 Å². The van der Waals surface area contributed by atoms with Crippen LogP contribution < -0.4 is 15.6 Å². The Hall–Kier alpha value is -2.00. The van der Waals surface area contributed by atoms with E-state index in [0.717, 1.165) is 37.4 Å². The second-order valence-corrected chi connectivity index (χ2v) is 5.15. The number of ether oxygens (including phenoxy) is 1. The van der Waals surface area contributed by atoms with E-state index in [1.807, 2.05) is 30.3 Å². The number of para-hydroxylation sites is 1. The summed E-state index contributed by atoms with van der Waals surface area (Å²) >= 11 is 0. The van der Waals surface area contributed by atoms with Crippen molar-refractivity contribution in [2.75, 3.05) is 12.0 Å². The number of aryl methyl sites for hydroxylation is 1. The third-order valence-electron chi connectivity index (χ3n) is 3.29. The number of nitrogens with one attached hydrogen (secondary N) is 2. The Morgan fingerprint density at radius 2 is 1.86 bits per heavy atom. The molecule has 0 aliphatic rings. The van der Waals surface area contributed by atoms with E-state index in [0.29, 0.717) is 0 Å². The highest BCUT2D eigenvalue weighted by atomic mass is 16.5. The highest BCUT2D eigenvalue weighted by Gasteiger charge is 2.01. The highest BCUT2D eigenvalue weighted by Crippen LogP contribution is 2.19. The molecule has 0 saturated heterocycles. The van der Waals surface area contributed by atoms with Crippen LogP contribution >= 0.6 is 0 Å². The molecule has 2 N–H and O–H groups in total. The molecule has 3 heteroatoms. The third kappa shape index (κ3) is 5.12. The van der Waals surface area contributed by atoms with Gasteiger partial charge in [0.1, 0.15) is 5.75 Å². The van der Waals surface area contributed by atoms with Crippen molar-refractivity contribution >= 4 is 5.69 Å². The lowest BCUT2D eigenvalue weighted by Gasteiger charge is -2.12. The molecule has 0 amide bonds. The van der Waals surface area contributed by atoms with E-state index in [9.17, 15) is 0 Å². The normalized spacial score (nSPS) is 10.4. The van der Waals surface area contributed by atoms with Crippen molar-refractivity contribution in [2.45, 2.75) is 33.2 Å². The fraction of sp³-hybridized carbons (Fsp3) is 0.333. The van der Waals surface area contributed by atoms with Crippen molar-refractivity contribution < 1.29 is 4.74 Å². The molecule has 2 rings (SSSR count). The Morgan fingerprint density at radius 1 is 1.05 bits per heavy atom. The van der Waals surface area contributed by atoms with Gasteiger partial charge in [-0.15, -0.1) is 0 Å². The Kier molecular flexibility index (Phi) is 6.10. The molecule has 0 saturated carbocycles. The van der Waals surface area contributed by atoms with Crippen LogP contribution in [0.3, 0.4) is 0 Å². The largest absolute Gasteiger partial charge is 0.493 e. The molecule has 0 fully saturated rings. The number of unbranched alkanes of at least 4 members (excludes halogenated alkanes) is 1. The van der Waals surface area contributed by atoms with Crippen LogP contribution in [-0.2, 0) is 6.54 Å². The number of benzene rings is 2. The van der Waals surface area contributed by atoms with Crippen LogP contribution in [0.1, 0.15) is 30.9 Å². The monoisotopic (exact) mass is 284 g/mol. The van der Waals surface area contributed by atoms with Crippen molar-refractivity contribution in [1.29, 1.82) is 0 Å². The van der Waals surface area contributed by atoms with Crippen LogP contribution in [-0.4, -0.2) is 6.61 Å². The molecule has 21 heavy (non-hydrogen) atoms. The van der Waals surface area contributed by atoms with Crippen molar-refractivity contribution in [3.8, 4) is 5.75 Å². The maximum Gasteiger partial charge on any atom is 0.122 e. The van der Waals surface area contributed by atoms with Gasteiger partial charge in [-0.05, 0) is 42.7 Å². The first-order valence-corrected chi connectivity index (χ1v) is 7.56. The van der Waals surface area contributed by atoms with Crippen LogP contribution in [0.2, 0.25) is 0 Å². The number of rotatable bonds is 8. The summed E-state index contributed by atoms with van der Waals surface area (Å²) in [6, 6.07) is 16.4. The Balaban J connectivity index is 1.82. The maximum absolute atomic E-state index is 5.77. The van der Waals surface area contributed by atoms with Gasteiger partial charge in [0, 0.05) is 12.2 Å². The zero-order valence-corrected chi connectivity index (χ0v) is 12.9. The van der Waals surface area contributed by atoms with Gasteiger partial charge in [-0.2, -0.15) is 0 Å². The SMILES string of the molecule is CCCCOc1ccc(CNNc2ccccc2)cc1C. The first kappa shape index (κ1) is 15.4. The summed E-state index contributed by atoms with van der Waals surface area (Å²) in [5.74, 6) is 0.989. The molecule has 0 heterocycles. The van der Waals surface area contributed by atoms with Gasteiger partial charge in [0.05, 0.1) is 6.61 Å². The summed E-state index contributed by atoms with van der Waals surface area (Å²) in [6.45, 7) is 5.83. The quantitative estimate of drug-likeness (QED) is 0.560. The van der Waals surface area contributed by atoms with Gasteiger partial charge in [-0.1, -0.05) is 43.7 Å². The minimum atomic E-state index is 0.769. The maximum atomic E-state index is 5.77. The number of hydrogen-bond donors (Lipinski definition) is 2. The van der Waals surface area contributed by atoms with Crippen molar-refractivity contribution in [1.82, 2.24) is 5.43 Å². The van der Waals surface area contributed by atoms with Gasteiger partial charge in [0.15, 0.2) is 0 Å². The molecule has 3 nitrogen and oxygen atoms in total. The topological polar surface area (TPSA) is 33.3 Å². The molecular weight excluding hydrogens is 260 g/mol. The van der Waals surface area contributed by atoms with E-state index in [2.05, 4.69) is 42.9 Å². The summed E-state index contributed by atoms with van der Waals surface area (Å²) in [6.07, 6.45) is 2.26. The standard InChI is InChI=1S/C18H24N2O/c1-3-4-12-21-18-11-10-16(13-15(18)2)14-19-20-17-8-6-5-7-9-17/h5-11,13,19-20H,3-4,12,14H2,1-2H3. The zero-order chi connectivity index (χ0) is 14.9. The Labute approximate surface area is 127 Å². The first-order valence-electron chi connectivity index (χ1n) is 7.56. The van der Waals surface area contributed by atoms with Gasteiger partial charge < -0.3 is 10.2 Å². The average molecular weight is 284 g/mol. The predicted octanol–water partition coefficient (Wildman–Crippen LogP) is 4.29. The van der Waals surface area contributed by atoms with Gasteiger partial charge in [-0.3, -0.25) is 0 Å². The fourth-order valence-corrected chi connectivity index (χ4v) is 2.08. The molecule has 0 spiro atoms. The van der Waals surface area contributed by atoms with Crippen LogP contribution in [0, 0.1) is 6.92 Å². The Morgan fingerprint density at radius 3 is 2.57 bits per heavy atom. The summed E-state index contributed by atoms with van der Waals surface area (Å²) < 4.78 is 5.77. The summed E-state index contributed by atoms with van der Waals surface area (Å²) in [4.78, 5) is 0. The molecule has 0 bridgehead atoms. The van der Waals surface area contributed by atoms with E-state index in [4.69, 9.17) is 4.74 Å². The van der Waals surface area contributed by atoms with Crippen molar-refractivity contribution in [3.05, 3.63) is 59.7 Å². The average Bonchev–Trinajstić information content (AvgIpc) is 2.51. The molecule has 2 aromatic rings. The minimum Gasteiger partial charge on any atom is -0.493 e. The van der Waals surface area contributed by atoms with Gasteiger partial charge in [0.25, 0.3) is 0 Å². The van der Waals surface area contributed by atoms with Crippen LogP contribution in [0.15, 0.2) is 48.5 Å². The van der Waals surface area contributed by atoms with Crippen LogP contribution in [0.5, 0.6) is 5.75 Å². The molecule has 112 valence electrons. The molecule has 0 unspecified atom stereocenters. The fourth-order valence-electron chi connectivity index (χ4n) is 2.08. The molecule has 0 atom stereocenters. The lowest BCUT2D eigenvalue weighted by atomic mass is 10.1. The highest BCUT2D eigenvalue weighted by molar-refractivity contribution is 5.41. The predicted molar refractivity (Wildman–Crippen MR) is 88.5 cm³/mol. The first-order chi connectivity index (χ1) is 10.3. The number of anilines is 1. The second kappa shape index (κ2) is 8.32.